The molecule has 1 aromatic rings. The molecule has 2 aliphatic rings. The van der Waals surface area contributed by atoms with Crippen LogP contribution in [0.3, 0.4) is 0 Å². The molecule has 0 aliphatic carbocycles. The fraction of sp³-hybridized carbons (Fsp3) is 0.625. The largest absolute Gasteiger partial charge is 0.490 e. The Kier molecular flexibility index (Phi) is 3.50. The van der Waals surface area contributed by atoms with E-state index in [1.807, 2.05) is 12.1 Å². The highest BCUT2D eigenvalue weighted by Gasteiger charge is 2.34. The fourth-order valence-electron chi connectivity index (χ4n) is 3.32. The van der Waals surface area contributed by atoms with Crippen LogP contribution in [0, 0.1) is 5.92 Å². The van der Waals surface area contributed by atoms with Gasteiger partial charge in [0.25, 0.3) is 0 Å². The van der Waals surface area contributed by atoms with Crippen LogP contribution in [0.5, 0.6) is 5.75 Å². The average molecular weight is 262 g/mol. The summed E-state index contributed by atoms with van der Waals surface area (Å²) in [5.74, 6) is 1.20. The van der Waals surface area contributed by atoms with Gasteiger partial charge in [-0.2, -0.15) is 0 Å². The molecule has 3 nitrogen and oxygen atoms in total. The third-order valence-electron chi connectivity index (χ3n) is 4.33. The third kappa shape index (κ3) is 2.37. The molecule has 4 unspecified atom stereocenters. The van der Waals surface area contributed by atoms with Crippen molar-refractivity contribution >= 4 is 0 Å². The topological polar surface area (TPSA) is 38.7 Å². The molecule has 1 fully saturated rings. The van der Waals surface area contributed by atoms with Crippen molar-refractivity contribution in [2.75, 3.05) is 6.61 Å². The van der Waals surface area contributed by atoms with Gasteiger partial charge in [-0.15, -0.1) is 0 Å². The van der Waals surface area contributed by atoms with E-state index in [9.17, 15) is 5.11 Å². The van der Waals surface area contributed by atoms with Crippen molar-refractivity contribution in [1.29, 1.82) is 0 Å². The molecule has 1 aromatic carbocycles. The highest BCUT2D eigenvalue weighted by molar-refractivity contribution is 5.41. The highest BCUT2D eigenvalue weighted by atomic mass is 16.5. The summed E-state index contributed by atoms with van der Waals surface area (Å²) in [5.41, 5.74) is 2.22. The minimum Gasteiger partial charge on any atom is -0.490 e. The molecule has 19 heavy (non-hydrogen) atoms. The first-order valence-corrected chi connectivity index (χ1v) is 7.28. The molecule has 3 rings (SSSR count). The molecule has 4 atom stereocenters. The van der Waals surface area contributed by atoms with Gasteiger partial charge in [0.05, 0.1) is 12.2 Å². The van der Waals surface area contributed by atoms with E-state index in [4.69, 9.17) is 9.47 Å². The first kappa shape index (κ1) is 12.9. The molecule has 0 bridgehead atoms. The number of aliphatic hydroxyl groups excluding tert-OH is 1. The van der Waals surface area contributed by atoms with Gasteiger partial charge >= 0.3 is 0 Å². The second-order valence-corrected chi connectivity index (χ2v) is 5.71. The number of benzene rings is 1. The van der Waals surface area contributed by atoms with Crippen LogP contribution in [0.2, 0.25) is 0 Å². The van der Waals surface area contributed by atoms with Gasteiger partial charge in [-0.3, -0.25) is 0 Å². The zero-order valence-corrected chi connectivity index (χ0v) is 11.6. The number of hydrogen-bond acceptors (Lipinski definition) is 3. The fourth-order valence-corrected chi connectivity index (χ4v) is 3.32. The Hall–Kier alpha value is -1.06. The Morgan fingerprint density at radius 3 is 3.05 bits per heavy atom. The van der Waals surface area contributed by atoms with Crippen LogP contribution >= 0.6 is 0 Å². The number of hydrogen-bond donors (Lipinski definition) is 1. The van der Waals surface area contributed by atoms with Crippen molar-refractivity contribution in [3.63, 3.8) is 0 Å². The lowest BCUT2D eigenvalue weighted by Gasteiger charge is -2.23. The Bertz CT molecular complexity index is 457. The quantitative estimate of drug-likeness (QED) is 0.910. The van der Waals surface area contributed by atoms with Crippen LogP contribution < -0.4 is 4.74 Å². The molecule has 0 saturated carbocycles. The van der Waals surface area contributed by atoms with Gasteiger partial charge in [-0.25, -0.2) is 0 Å². The normalized spacial score (nSPS) is 31.0. The van der Waals surface area contributed by atoms with Crippen LogP contribution in [0.15, 0.2) is 18.2 Å². The first-order chi connectivity index (χ1) is 9.19. The molecule has 2 heterocycles. The van der Waals surface area contributed by atoms with Crippen molar-refractivity contribution < 1.29 is 14.6 Å². The Balaban J connectivity index is 1.81. The van der Waals surface area contributed by atoms with E-state index in [1.165, 1.54) is 5.56 Å². The SMILES string of the molecule is CCC1OCCC1C(O)c1ccc2c(c1)CC(C)O2. The lowest BCUT2D eigenvalue weighted by Crippen LogP contribution is -2.22. The summed E-state index contributed by atoms with van der Waals surface area (Å²) >= 11 is 0. The van der Waals surface area contributed by atoms with E-state index in [-0.39, 0.29) is 18.1 Å². The first-order valence-electron chi connectivity index (χ1n) is 7.28. The van der Waals surface area contributed by atoms with Crippen molar-refractivity contribution in [1.82, 2.24) is 0 Å². The number of aliphatic hydroxyl groups is 1. The van der Waals surface area contributed by atoms with Crippen LogP contribution in [0.25, 0.3) is 0 Å². The maximum absolute atomic E-state index is 10.6. The second kappa shape index (κ2) is 5.14. The molecular weight excluding hydrogens is 240 g/mol. The van der Waals surface area contributed by atoms with E-state index in [0.29, 0.717) is 0 Å². The summed E-state index contributed by atoms with van der Waals surface area (Å²) in [7, 11) is 0. The number of rotatable bonds is 3. The van der Waals surface area contributed by atoms with E-state index in [0.717, 1.165) is 37.2 Å². The van der Waals surface area contributed by atoms with E-state index < -0.39 is 6.10 Å². The minimum atomic E-state index is -0.423. The van der Waals surface area contributed by atoms with E-state index in [2.05, 4.69) is 19.9 Å². The maximum atomic E-state index is 10.6. The van der Waals surface area contributed by atoms with Gasteiger partial charge < -0.3 is 14.6 Å². The lowest BCUT2D eigenvalue weighted by molar-refractivity contribution is 0.0307. The molecule has 2 aliphatic heterocycles. The summed E-state index contributed by atoms with van der Waals surface area (Å²) < 4.78 is 11.4. The Morgan fingerprint density at radius 2 is 2.26 bits per heavy atom. The van der Waals surface area contributed by atoms with Crippen molar-refractivity contribution in [3.05, 3.63) is 29.3 Å². The van der Waals surface area contributed by atoms with E-state index >= 15 is 0 Å². The summed E-state index contributed by atoms with van der Waals surface area (Å²) in [6, 6.07) is 6.09. The van der Waals surface area contributed by atoms with Crippen LogP contribution in [0.4, 0.5) is 0 Å². The van der Waals surface area contributed by atoms with Crippen LogP contribution in [-0.2, 0) is 11.2 Å². The highest BCUT2D eigenvalue weighted by Crippen LogP contribution is 2.37. The van der Waals surface area contributed by atoms with Gasteiger partial charge in [0.2, 0.25) is 0 Å². The molecule has 104 valence electrons. The predicted molar refractivity (Wildman–Crippen MR) is 73.3 cm³/mol. The summed E-state index contributed by atoms with van der Waals surface area (Å²) in [4.78, 5) is 0. The van der Waals surface area contributed by atoms with Gasteiger partial charge in [0.1, 0.15) is 11.9 Å². The summed E-state index contributed by atoms with van der Waals surface area (Å²) in [6.07, 6.45) is 2.87. The van der Waals surface area contributed by atoms with Crippen LogP contribution in [-0.4, -0.2) is 23.9 Å². The molecule has 0 spiro atoms. The molecule has 0 radical (unpaired) electrons. The molecule has 0 aromatic heterocycles. The molecule has 3 heteroatoms. The van der Waals surface area contributed by atoms with Gasteiger partial charge in [-0.05, 0) is 43.0 Å². The maximum Gasteiger partial charge on any atom is 0.123 e. The van der Waals surface area contributed by atoms with Crippen LogP contribution in [0.1, 0.15) is 43.9 Å². The average Bonchev–Trinajstić information content (AvgIpc) is 3.01. The Labute approximate surface area is 114 Å². The Morgan fingerprint density at radius 1 is 1.42 bits per heavy atom. The standard InChI is InChI=1S/C16H22O3/c1-3-14-13(6-7-18-14)16(17)11-4-5-15-12(9-11)8-10(2)19-15/h4-5,9-10,13-14,16-17H,3,6-8H2,1-2H3. The van der Waals surface area contributed by atoms with Crippen molar-refractivity contribution in [3.8, 4) is 5.75 Å². The van der Waals surface area contributed by atoms with E-state index in [1.54, 1.807) is 0 Å². The molecule has 0 amide bonds. The van der Waals surface area contributed by atoms with Gasteiger partial charge in [-0.1, -0.05) is 13.0 Å². The van der Waals surface area contributed by atoms with Crippen molar-refractivity contribution in [2.45, 2.75) is 51.4 Å². The number of fused-ring (bicyclic) bond motifs is 1. The monoisotopic (exact) mass is 262 g/mol. The lowest BCUT2D eigenvalue weighted by atomic mass is 9.88. The molecular formula is C16H22O3. The summed E-state index contributed by atoms with van der Waals surface area (Å²) in [6.45, 7) is 4.97. The molecule has 1 N–H and O–H groups in total. The molecule has 1 saturated heterocycles. The smallest absolute Gasteiger partial charge is 0.123 e. The minimum absolute atomic E-state index is 0.193. The zero-order chi connectivity index (χ0) is 13.4. The predicted octanol–water partition coefficient (Wildman–Crippen LogP) is 2.86. The van der Waals surface area contributed by atoms with Crippen molar-refractivity contribution in [2.24, 2.45) is 5.92 Å². The van der Waals surface area contributed by atoms with Gasteiger partial charge in [0.15, 0.2) is 0 Å². The summed E-state index contributed by atoms with van der Waals surface area (Å²) in [5, 5.41) is 10.6. The zero-order valence-electron chi connectivity index (χ0n) is 11.6. The second-order valence-electron chi connectivity index (χ2n) is 5.71. The van der Waals surface area contributed by atoms with Gasteiger partial charge in [0, 0.05) is 18.9 Å². The third-order valence-corrected chi connectivity index (χ3v) is 4.33. The number of ether oxygens (including phenoxy) is 2.